The van der Waals surface area contributed by atoms with Gasteiger partial charge in [0.25, 0.3) is 0 Å². The molecule has 2 aromatic rings. The van der Waals surface area contributed by atoms with Gasteiger partial charge in [0.1, 0.15) is 0 Å². The summed E-state index contributed by atoms with van der Waals surface area (Å²) < 4.78 is 0. The SMILES string of the molecule is CC1CCCC(C)N1c1cccc(-c2ccccc2)c1. The van der Waals surface area contributed by atoms with Gasteiger partial charge in [-0.1, -0.05) is 42.5 Å². The van der Waals surface area contributed by atoms with Crippen LogP contribution in [0.3, 0.4) is 0 Å². The van der Waals surface area contributed by atoms with Gasteiger partial charge in [0.2, 0.25) is 0 Å². The zero-order valence-electron chi connectivity index (χ0n) is 12.4. The summed E-state index contributed by atoms with van der Waals surface area (Å²) >= 11 is 0. The minimum atomic E-state index is 0.643. The molecule has 1 saturated heterocycles. The number of hydrogen-bond acceptors (Lipinski definition) is 1. The summed E-state index contributed by atoms with van der Waals surface area (Å²) in [6.07, 6.45) is 3.97. The summed E-state index contributed by atoms with van der Waals surface area (Å²) in [7, 11) is 0. The molecule has 104 valence electrons. The molecule has 20 heavy (non-hydrogen) atoms. The summed E-state index contributed by atoms with van der Waals surface area (Å²) in [4.78, 5) is 2.59. The molecule has 1 nitrogen and oxygen atoms in total. The molecule has 0 aromatic heterocycles. The Morgan fingerprint density at radius 1 is 0.800 bits per heavy atom. The Morgan fingerprint density at radius 3 is 2.15 bits per heavy atom. The predicted molar refractivity (Wildman–Crippen MR) is 87.1 cm³/mol. The van der Waals surface area contributed by atoms with E-state index in [0.717, 1.165) is 0 Å². The van der Waals surface area contributed by atoms with E-state index in [-0.39, 0.29) is 0 Å². The molecule has 0 spiro atoms. The lowest BCUT2D eigenvalue weighted by atomic mass is 9.95. The number of nitrogens with zero attached hydrogens (tertiary/aromatic N) is 1. The van der Waals surface area contributed by atoms with E-state index in [4.69, 9.17) is 0 Å². The third-order valence-electron chi connectivity index (χ3n) is 4.44. The third-order valence-corrected chi connectivity index (χ3v) is 4.44. The van der Waals surface area contributed by atoms with Crippen LogP contribution in [-0.4, -0.2) is 12.1 Å². The molecule has 2 aromatic carbocycles. The quantitative estimate of drug-likeness (QED) is 0.728. The van der Waals surface area contributed by atoms with Gasteiger partial charge in [0.05, 0.1) is 0 Å². The van der Waals surface area contributed by atoms with Gasteiger partial charge < -0.3 is 4.90 Å². The van der Waals surface area contributed by atoms with Crippen LogP contribution in [0.1, 0.15) is 33.1 Å². The second-order valence-corrected chi connectivity index (χ2v) is 5.95. The number of hydrogen-bond donors (Lipinski definition) is 0. The Bertz CT molecular complexity index is 551. The standard InChI is InChI=1S/C19H23N/c1-15-8-6-9-16(2)20(15)19-13-7-12-18(14-19)17-10-4-3-5-11-17/h3-5,7,10-16H,6,8-9H2,1-2H3. The van der Waals surface area contributed by atoms with E-state index in [1.807, 2.05) is 0 Å². The van der Waals surface area contributed by atoms with E-state index in [9.17, 15) is 0 Å². The highest BCUT2D eigenvalue weighted by molar-refractivity contribution is 5.68. The molecular formula is C19H23N. The predicted octanol–water partition coefficient (Wildman–Crippen LogP) is 5.12. The Hall–Kier alpha value is -1.76. The van der Waals surface area contributed by atoms with E-state index < -0.39 is 0 Å². The van der Waals surface area contributed by atoms with Crippen molar-refractivity contribution in [2.45, 2.75) is 45.2 Å². The van der Waals surface area contributed by atoms with Crippen molar-refractivity contribution in [1.82, 2.24) is 0 Å². The Kier molecular flexibility index (Phi) is 3.77. The van der Waals surface area contributed by atoms with Crippen LogP contribution in [0.5, 0.6) is 0 Å². The second kappa shape index (κ2) is 5.70. The molecule has 0 radical (unpaired) electrons. The second-order valence-electron chi connectivity index (χ2n) is 5.95. The van der Waals surface area contributed by atoms with Crippen molar-refractivity contribution in [2.75, 3.05) is 4.90 Å². The molecule has 1 aliphatic heterocycles. The largest absolute Gasteiger partial charge is 0.366 e. The van der Waals surface area contributed by atoms with Crippen LogP contribution in [0, 0.1) is 0 Å². The summed E-state index contributed by atoms with van der Waals surface area (Å²) in [6.45, 7) is 4.70. The van der Waals surface area contributed by atoms with E-state index in [1.165, 1.54) is 36.1 Å². The van der Waals surface area contributed by atoms with Gasteiger partial charge in [-0.25, -0.2) is 0 Å². The first-order valence-corrected chi connectivity index (χ1v) is 7.69. The Balaban J connectivity index is 1.95. The van der Waals surface area contributed by atoms with Crippen LogP contribution >= 0.6 is 0 Å². The molecule has 0 amide bonds. The molecule has 1 heteroatoms. The van der Waals surface area contributed by atoms with E-state index in [0.29, 0.717) is 12.1 Å². The Labute approximate surface area is 122 Å². The molecule has 1 heterocycles. The first-order chi connectivity index (χ1) is 9.75. The summed E-state index contributed by atoms with van der Waals surface area (Å²) in [6, 6.07) is 20.9. The molecule has 2 unspecified atom stereocenters. The molecule has 1 fully saturated rings. The fourth-order valence-corrected chi connectivity index (χ4v) is 3.41. The normalized spacial score (nSPS) is 22.8. The highest BCUT2D eigenvalue weighted by atomic mass is 15.2. The highest BCUT2D eigenvalue weighted by Crippen LogP contribution is 2.31. The molecule has 3 rings (SSSR count). The van der Waals surface area contributed by atoms with Gasteiger partial charge in [-0.3, -0.25) is 0 Å². The molecule has 1 aliphatic rings. The number of piperidine rings is 1. The average Bonchev–Trinajstić information content (AvgIpc) is 2.48. The summed E-state index contributed by atoms with van der Waals surface area (Å²) in [5.74, 6) is 0. The Morgan fingerprint density at radius 2 is 1.45 bits per heavy atom. The number of benzene rings is 2. The van der Waals surface area contributed by atoms with Crippen molar-refractivity contribution >= 4 is 5.69 Å². The van der Waals surface area contributed by atoms with Crippen LogP contribution in [0.2, 0.25) is 0 Å². The lowest BCUT2D eigenvalue weighted by Gasteiger charge is -2.41. The smallest absolute Gasteiger partial charge is 0.0377 e. The first kappa shape index (κ1) is 13.2. The van der Waals surface area contributed by atoms with Crippen LogP contribution < -0.4 is 4.90 Å². The van der Waals surface area contributed by atoms with E-state index >= 15 is 0 Å². The van der Waals surface area contributed by atoms with Crippen molar-refractivity contribution in [3.8, 4) is 11.1 Å². The summed E-state index contributed by atoms with van der Waals surface area (Å²) in [5, 5.41) is 0. The fraction of sp³-hybridized carbons (Fsp3) is 0.368. The van der Waals surface area contributed by atoms with Gasteiger partial charge in [0.15, 0.2) is 0 Å². The van der Waals surface area contributed by atoms with Gasteiger partial charge >= 0.3 is 0 Å². The first-order valence-electron chi connectivity index (χ1n) is 7.69. The van der Waals surface area contributed by atoms with Crippen LogP contribution in [0.15, 0.2) is 54.6 Å². The van der Waals surface area contributed by atoms with Crippen molar-refractivity contribution < 1.29 is 0 Å². The van der Waals surface area contributed by atoms with Crippen LogP contribution in [0.4, 0.5) is 5.69 Å². The average molecular weight is 265 g/mol. The topological polar surface area (TPSA) is 3.24 Å². The van der Waals surface area contributed by atoms with Crippen molar-refractivity contribution in [3.05, 3.63) is 54.6 Å². The molecule has 0 saturated carbocycles. The van der Waals surface area contributed by atoms with Crippen LogP contribution in [-0.2, 0) is 0 Å². The van der Waals surface area contributed by atoms with Crippen molar-refractivity contribution in [2.24, 2.45) is 0 Å². The summed E-state index contributed by atoms with van der Waals surface area (Å²) in [5.41, 5.74) is 3.98. The minimum Gasteiger partial charge on any atom is -0.366 e. The zero-order chi connectivity index (χ0) is 13.9. The molecule has 2 atom stereocenters. The van der Waals surface area contributed by atoms with Crippen molar-refractivity contribution in [3.63, 3.8) is 0 Å². The fourth-order valence-electron chi connectivity index (χ4n) is 3.41. The third kappa shape index (κ3) is 2.58. The van der Waals surface area contributed by atoms with Crippen molar-refractivity contribution in [1.29, 1.82) is 0 Å². The maximum atomic E-state index is 2.59. The monoisotopic (exact) mass is 265 g/mol. The van der Waals surface area contributed by atoms with E-state index in [2.05, 4.69) is 73.3 Å². The van der Waals surface area contributed by atoms with Gasteiger partial charge in [-0.15, -0.1) is 0 Å². The van der Waals surface area contributed by atoms with E-state index in [1.54, 1.807) is 0 Å². The van der Waals surface area contributed by atoms with Gasteiger partial charge in [-0.2, -0.15) is 0 Å². The van der Waals surface area contributed by atoms with Crippen LogP contribution in [0.25, 0.3) is 11.1 Å². The molecular weight excluding hydrogens is 242 g/mol. The lowest BCUT2D eigenvalue weighted by Crippen LogP contribution is -2.43. The number of rotatable bonds is 2. The molecule has 0 N–H and O–H groups in total. The maximum Gasteiger partial charge on any atom is 0.0377 e. The maximum absolute atomic E-state index is 2.59. The zero-order valence-corrected chi connectivity index (χ0v) is 12.4. The molecule has 0 bridgehead atoms. The minimum absolute atomic E-state index is 0.643. The van der Waals surface area contributed by atoms with Gasteiger partial charge in [-0.05, 0) is 56.4 Å². The lowest BCUT2D eigenvalue weighted by molar-refractivity contribution is 0.414. The van der Waals surface area contributed by atoms with Gasteiger partial charge in [0, 0.05) is 17.8 Å². The number of anilines is 1. The highest BCUT2D eigenvalue weighted by Gasteiger charge is 2.24. The molecule has 0 aliphatic carbocycles.